The zero-order valence-electron chi connectivity index (χ0n) is 12.2. The van der Waals surface area contributed by atoms with Gasteiger partial charge < -0.3 is 9.88 Å². The summed E-state index contributed by atoms with van der Waals surface area (Å²) < 4.78 is 15.9. The van der Waals surface area contributed by atoms with E-state index in [1.165, 1.54) is 36.5 Å². The molecule has 0 bridgehead atoms. The van der Waals surface area contributed by atoms with Crippen LogP contribution in [0.1, 0.15) is 42.0 Å². The van der Waals surface area contributed by atoms with Crippen LogP contribution in [0.4, 0.5) is 4.39 Å². The van der Waals surface area contributed by atoms with Gasteiger partial charge in [0.2, 0.25) is 0 Å². The zero-order chi connectivity index (χ0) is 14.8. The van der Waals surface area contributed by atoms with Crippen molar-refractivity contribution in [1.82, 2.24) is 9.88 Å². The Bertz CT molecular complexity index is 636. The third-order valence-electron chi connectivity index (χ3n) is 4.27. The van der Waals surface area contributed by atoms with Crippen LogP contribution in [0, 0.1) is 5.82 Å². The number of nitrogens with zero attached hydrogens (tertiary/aromatic N) is 1. The van der Waals surface area contributed by atoms with Crippen LogP contribution in [0.25, 0.3) is 0 Å². The number of rotatable bonds is 3. The fourth-order valence-electron chi connectivity index (χ4n) is 3.17. The first kappa shape index (κ1) is 14.6. The number of aryl methyl sites for hydroxylation is 1. The van der Waals surface area contributed by atoms with Gasteiger partial charge in [0.15, 0.2) is 0 Å². The molecule has 0 aliphatic heterocycles. The molecule has 21 heavy (non-hydrogen) atoms. The van der Waals surface area contributed by atoms with Crippen molar-refractivity contribution in [2.75, 3.05) is 7.05 Å². The highest BCUT2D eigenvalue weighted by Crippen LogP contribution is 2.29. The minimum atomic E-state index is -0.200. The van der Waals surface area contributed by atoms with Gasteiger partial charge in [0, 0.05) is 35.6 Å². The molecule has 112 valence electrons. The molecule has 2 nitrogen and oxygen atoms in total. The Morgan fingerprint density at radius 1 is 1.33 bits per heavy atom. The summed E-state index contributed by atoms with van der Waals surface area (Å²) in [6.45, 7) is 0.524. The molecule has 3 rings (SSSR count). The number of halogens is 2. The van der Waals surface area contributed by atoms with Crippen molar-refractivity contribution in [1.29, 1.82) is 0 Å². The fourth-order valence-corrected chi connectivity index (χ4v) is 3.36. The predicted octanol–water partition coefficient (Wildman–Crippen LogP) is 4.32. The second kappa shape index (κ2) is 6.20. The first-order chi connectivity index (χ1) is 10.2. The molecule has 1 heterocycles. The Labute approximate surface area is 129 Å². The highest BCUT2D eigenvalue weighted by Gasteiger charge is 2.19. The van der Waals surface area contributed by atoms with Crippen molar-refractivity contribution in [3.05, 3.63) is 58.1 Å². The van der Waals surface area contributed by atoms with Gasteiger partial charge in [-0.3, -0.25) is 0 Å². The number of nitrogens with one attached hydrogen (secondary N) is 1. The van der Waals surface area contributed by atoms with Crippen LogP contribution >= 0.6 is 11.6 Å². The van der Waals surface area contributed by atoms with Crippen LogP contribution < -0.4 is 5.32 Å². The number of benzene rings is 1. The van der Waals surface area contributed by atoms with Gasteiger partial charge in [0.05, 0.1) is 0 Å². The molecule has 1 aromatic heterocycles. The van der Waals surface area contributed by atoms with E-state index in [0.717, 1.165) is 6.42 Å². The molecule has 0 radical (unpaired) electrons. The predicted molar refractivity (Wildman–Crippen MR) is 84.3 cm³/mol. The fraction of sp³-hybridized carbons (Fsp3) is 0.412. The smallest absolute Gasteiger partial charge is 0.128 e. The molecule has 1 aliphatic rings. The molecular formula is C17H20ClFN2. The first-order valence-electron chi connectivity index (χ1n) is 7.47. The van der Waals surface area contributed by atoms with Crippen molar-refractivity contribution >= 4 is 11.6 Å². The molecule has 0 spiro atoms. The summed E-state index contributed by atoms with van der Waals surface area (Å²) in [4.78, 5) is 0. The average Bonchev–Trinajstić information content (AvgIpc) is 2.76. The maximum absolute atomic E-state index is 13.9. The van der Waals surface area contributed by atoms with E-state index in [1.807, 2.05) is 7.05 Å². The largest absolute Gasteiger partial charge is 0.349 e. The Kier molecular flexibility index (Phi) is 4.32. The summed E-state index contributed by atoms with van der Waals surface area (Å²) in [5.41, 5.74) is 3.38. The van der Waals surface area contributed by atoms with Crippen LogP contribution in [-0.2, 0) is 13.0 Å². The summed E-state index contributed by atoms with van der Waals surface area (Å²) in [7, 11) is 2.01. The second-order valence-electron chi connectivity index (χ2n) is 5.73. The Balaban J connectivity index is 1.89. The van der Waals surface area contributed by atoms with Gasteiger partial charge >= 0.3 is 0 Å². The first-order valence-corrected chi connectivity index (χ1v) is 7.85. The average molecular weight is 307 g/mol. The van der Waals surface area contributed by atoms with Crippen LogP contribution in [0.15, 0.2) is 30.6 Å². The van der Waals surface area contributed by atoms with E-state index < -0.39 is 0 Å². The summed E-state index contributed by atoms with van der Waals surface area (Å²) in [6, 6.07) is 5.13. The molecule has 1 aromatic carbocycles. The van der Waals surface area contributed by atoms with Crippen molar-refractivity contribution in [3.63, 3.8) is 0 Å². The maximum Gasteiger partial charge on any atom is 0.128 e. The SMILES string of the molecule is CNC1CCCCc2cn(Cc3cc(Cl)ccc3F)cc21. The summed E-state index contributed by atoms with van der Waals surface area (Å²) >= 11 is 5.97. The van der Waals surface area contributed by atoms with Crippen LogP contribution in [-0.4, -0.2) is 11.6 Å². The van der Waals surface area contributed by atoms with E-state index >= 15 is 0 Å². The van der Waals surface area contributed by atoms with E-state index in [9.17, 15) is 4.39 Å². The molecule has 1 aliphatic carbocycles. The third kappa shape index (κ3) is 3.14. The Hall–Kier alpha value is -1.32. The number of hydrogen-bond acceptors (Lipinski definition) is 1. The minimum Gasteiger partial charge on any atom is -0.349 e. The topological polar surface area (TPSA) is 17.0 Å². The molecule has 2 aromatic rings. The van der Waals surface area contributed by atoms with Crippen LogP contribution in [0.3, 0.4) is 0 Å². The van der Waals surface area contributed by atoms with Crippen LogP contribution in [0.5, 0.6) is 0 Å². The van der Waals surface area contributed by atoms with E-state index in [0.29, 0.717) is 23.2 Å². The monoisotopic (exact) mass is 306 g/mol. The summed E-state index contributed by atoms with van der Waals surface area (Å²) in [6.07, 6.45) is 9.06. The van der Waals surface area contributed by atoms with Gasteiger partial charge in [0.25, 0.3) is 0 Å². The second-order valence-corrected chi connectivity index (χ2v) is 6.17. The highest BCUT2D eigenvalue weighted by atomic mass is 35.5. The number of aromatic nitrogens is 1. The third-order valence-corrected chi connectivity index (χ3v) is 4.51. The van der Waals surface area contributed by atoms with Gasteiger partial charge in [-0.1, -0.05) is 18.0 Å². The van der Waals surface area contributed by atoms with Crippen molar-refractivity contribution in [3.8, 4) is 0 Å². The van der Waals surface area contributed by atoms with Crippen molar-refractivity contribution in [2.24, 2.45) is 0 Å². The number of hydrogen-bond donors (Lipinski definition) is 1. The normalized spacial score (nSPS) is 18.3. The molecule has 0 saturated heterocycles. The Morgan fingerprint density at radius 3 is 3.00 bits per heavy atom. The molecule has 1 unspecified atom stereocenters. The lowest BCUT2D eigenvalue weighted by Crippen LogP contribution is -2.15. The van der Waals surface area contributed by atoms with Gasteiger partial charge in [-0.2, -0.15) is 0 Å². The van der Waals surface area contributed by atoms with E-state index in [1.54, 1.807) is 12.1 Å². The molecule has 1 atom stereocenters. The number of fused-ring (bicyclic) bond motifs is 1. The molecular weight excluding hydrogens is 287 g/mol. The van der Waals surface area contributed by atoms with E-state index in [-0.39, 0.29) is 5.82 Å². The standard InChI is InChI=1S/C17H20ClFN2/c1-20-17-5-3-2-4-12-9-21(11-15(12)17)10-13-8-14(18)6-7-16(13)19/h6-9,11,17,20H,2-5,10H2,1H3. The van der Waals surface area contributed by atoms with Crippen LogP contribution in [0.2, 0.25) is 5.02 Å². The van der Waals surface area contributed by atoms with Crippen molar-refractivity contribution < 1.29 is 4.39 Å². The summed E-state index contributed by atoms with van der Waals surface area (Å²) in [5.74, 6) is -0.200. The quantitative estimate of drug-likeness (QED) is 0.836. The molecule has 1 N–H and O–H groups in total. The van der Waals surface area contributed by atoms with Gasteiger partial charge in [-0.05, 0) is 55.6 Å². The highest BCUT2D eigenvalue weighted by molar-refractivity contribution is 6.30. The molecule has 0 saturated carbocycles. The van der Waals surface area contributed by atoms with Crippen molar-refractivity contribution in [2.45, 2.75) is 38.3 Å². The van der Waals surface area contributed by atoms with Gasteiger partial charge in [-0.15, -0.1) is 0 Å². The molecule has 0 amide bonds. The Morgan fingerprint density at radius 2 is 2.19 bits per heavy atom. The molecule has 4 heteroatoms. The minimum absolute atomic E-state index is 0.200. The lowest BCUT2D eigenvalue weighted by atomic mass is 10.1. The lowest BCUT2D eigenvalue weighted by molar-refractivity contribution is 0.530. The zero-order valence-corrected chi connectivity index (χ0v) is 13.0. The van der Waals surface area contributed by atoms with E-state index in [2.05, 4.69) is 22.3 Å². The summed E-state index contributed by atoms with van der Waals surface area (Å²) in [5, 5.41) is 3.97. The maximum atomic E-state index is 13.9. The van der Waals surface area contributed by atoms with Gasteiger partial charge in [-0.25, -0.2) is 4.39 Å². The van der Waals surface area contributed by atoms with E-state index in [4.69, 9.17) is 11.6 Å². The van der Waals surface area contributed by atoms with Gasteiger partial charge in [0.1, 0.15) is 5.82 Å². The lowest BCUT2D eigenvalue weighted by Gasteiger charge is -2.13. The molecule has 0 fully saturated rings.